The van der Waals surface area contributed by atoms with Crippen LogP contribution in [0.3, 0.4) is 0 Å². The van der Waals surface area contributed by atoms with Gasteiger partial charge < -0.3 is 18.9 Å². The lowest BCUT2D eigenvalue weighted by molar-refractivity contribution is -0.312. The van der Waals surface area contributed by atoms with Crippen molar-refractivity contribution in [3.63, 3.8) is 0 Å². The van der Waals surface area contributed by atoms with Gasteiger partial charge in [-0.25, -0.2) is 0 Å². The molecule has 0 amide bonds. The number of benzene rings is 1. The maximum Gasteiger partial charge on any atom is 0.389 e. The summed E-state index contributed by atoms with van der Waals surface area (Å²) >= 11 is 0. The molecule has 0 aliphatic carbocycles. The van der Waals surface area contributed by atoms with Gasteiger partial charge in [0.05, 0.1) is 7.11 Å². The Morgan fingerprint density at radius 3 is 2.29 bits per heavy atom. The molecule has 0 aromatic heterocycles. The summed E-state index contributed by atoms with van der Waals surface area (Å²) in [5.41, 5.74) is 1.92. The van der Waals surface area contributed by atoms with E-state index < -0.39 is 5.97 Å². The molecule has 92 valence electrons. The van der Waals surface area contributed by atoms with E-state index in [1.54, 1.807) is 7.11 Å². The van der Waals surface area contributed by atoms with Crippen molar-refractivity contribution in [2.75, 3.05) is 21.3 Å². The highest BCUT2D eigenvalue weighted by Crippen LogP contribution is 2.41. The second kappa shape index (κ2) is 4.39. The molecule has 1 aromatic rings. The molecule has 0 bridgehead atoms. The van der Waals surface area contributed by atoms with Gasteiger partial charge in [0.2, 0.25) is 5.76 Å². The molecular weight excluding hydrogens is 220 g/mol. The highest BCUT2D eigenvalue weighted by molar-refractivity contribution is 5.73. The zero-order valence-electron chi connectivity index (χ0n) is 10.4. The minimum atomic E-state index is -1.30. The zero-order valence-corrected chi connectivity index (χ0v) is 10.4. The summed E-state index contributed by atoms with van der Waals surface area (Å²) in [6.45, 7) is 1.95. The second-order valence-corrected chi connectivity index (χ2v) is 3.72. The Bertz CT molecular complexity index is 446. The van der Waals surface area contributed by atoms with Gasteiger partial charge in [-0.05, 0) is 13.0 Å². The fraction of sp³-hybridized carbons (Fsp3) is 0.385. The lowest BCUT2D eigenvalue weighted by Crippen LogP contribution is -2.45. The molecule has 0 saturated carbocycles. The number of rotatable bonds is 3. The van der Waals surface area contributed by atoms with Crippen molar-refractivity contribution in [3.8, 4) is 5.75 Å². The first-order valence-electron chi connectivity index (χ1n) is 5.32. The number of methoxy groups -OCH3 is 3. The van der Waals surface area contributed by atoms with Crippen molar-refractivity contribution < 1.29 is 18.9 Å². The number of hydrogen-bond acceptors (Lipinski definition) is 4. The summed E-state index contributed by atoms with van der Waals surface area (Å²) in [5.74, 6) is -0.0524. The van der Waals surface area contributed by atoms with Gasteiger partial charge in [0.25, 0.3) is 0 Å². The SMILES string of the molecule is COC1=C(C)c2ccccc2OC1(OC)OC. The van der Waals surface area contributed by atoms with Crippen molar-refractivity contribution >= 4 is 5.57 Å². The molecule has 2 rings (SSSR count). The van der Waals surface area contributed by atoms with Crippen molar-refractivity contribution in [2.45, 2.75) is 12.9 Å². The minimum absolute atomic E-state index is 0.529. The highest BCUT2D eigenvalue weighted by Gasteiger charge is 2.45. The van der Waals surface area contributed by atoms with Gasteiger partial charge in [-0.15, -0.1) is 0 Å². The number of allylic oxidation sites excluding steroid dienone is 1. The largest absolute Gasteiger partial charge is 0.492 e. The Balaban J connectivity index is 2.62. The van der Waals surface area contributed by atoms with Crippen LogP contribution in [0.5, 0.6) is 5.75 Å². The standard InChI is InChI=1S/C13H16O4/c1-9-10-7-5-6-8-11(10)17-13(15-3,16-4)12(9)14-2/h5-8H,1-4H3. The lowest BCUT2D eigenvalue weighted by Gasteiger charge is -2.36. The van der Waals surface area contributed by atoms with Gasteiger partial charge in [-0.3, -0.25) is 0 Å². The van der Waals surface area contributed by atoms with Gasteiger partial charge in [-0.1, -0.05) is 18.2 Å². The summed E-state index contributed by atoms with van der Waals surface area (Å²) in [6, 6.07) is 7.70. The van der Waals surface area contributed by atoms with E-state index in [0.29, 0.717) is 5.76 Å². The quantitative estimate of drug-likeness (QED) is 0.755. The van der Waals surface area contributed by atoms with E-state index >= 15 is 0 Å². The maximum absolute atomic E-state index is 5.76. The molecule has 1 aliphatic rings. The summed E-state index contributed by atoms with van der Waals surface area (Å²) in [5, 5.41) is 0. The van der Waals surface area contributed by atoms with Crippen LogP contribution in [0.2, 0.25) is 0 Å². The molecule has 0 fully saturated rings. The fourth-order valence-electron chi connectivity index (χ4n) is 2.04. The first-order chi connectivity index (χ1) is 8.18. The number of ether oxygens (including phenoxy) is 4. The van der Waals surface area contributed by atoms with E-state index in [1.165, 1.54) is 14.2 Å². The second-order valence-electron chi connectivity index (χ2n) is 3.72. The van der Waals surface area contributed by atoms with E-state index in [-0.39, 0.29) is 0 Å². The summed E-state index contributed by atoms with van der Waals surface area (Å²) in [4.78, 5) is 0. The van der Waals surface area contributed by atoms with Crippen LogP contribution in [0.15, 0.2) is 30.0 Å². The molecule has 0 atom stereocenters. The molecule has 0 N–H and O–H groups in total. The molecule has 0 unspecified atom stereocenters. The zero-order chi connectivity index (χ0) is 12.5. The van der Waals surface area contributed by atoms with Crippen LogP contribution in [-0.2, 0) is 14.2 Å². The van der Waals surface area contributed by atoms with Crippen molar-refractivity contribution in [1.82, 2.24) is 0 Å². The van der Waals surface area contributed by atoms with E-state index in [4.69, 9.17) is 18.9 Å². The topological polar surface area (TPSA) is 36.9 Å². The molecule has 1 aliphatic heterocycles. The number of para-hydroxylation sites is 1. The smallest absolute Gasteiger partial charge is 0.389 e. The van der Waals surface area contributed by atoms with Gasteiger partial charge in [0.15, 0.2) is 0 Å². The fourth-order valence-corrected chi connectivity index (χ4v) is 2.04. The molecule has 4 nitrogen and oxygen atoms in total. The highest BCUT2D eigenvalue weighted by atomic mass is 16.9. The molecule has 1 heterocycles. The monoisotopic (exact) mass is 236 g/mol. The Morgan fingerprint density at radius 1 is 1.06 bits per heavy atom. The van der Waals surface area contributed by atoms with Gasteiger partial charge in [-0.2, -0.15) is 0 Å². The van der Waals surface area contributed by atoms with Crippen molar-refractivity contribution in [1.29, 1.82) is 0 Å². The average Bonchev–Trinajstić information content (AvgIpc) is 2.38. The van der Waals surface area contributed by atoms with Crippen molar-refractivity contribution in [2.24, 2.45) is 0 Å². The molecule has 0 spiro atoms. The third kappa shape index (κ3) is 1.69. The van der Waals surface area contributed by atoms with Crippen LogP contribution in [0.25, 0.3) is 5.57 Å². The third-order valence-electron chi connectivity index (χ3n) is 2.90. The van der Waals surface area contributed by atoms with E-state index in [1.807, 2.05) is 31.2 Å². The van der Waals surface area contributed by atoms with Crippen LogP contribution >= 0.6 is 0 Å². The van der Waals surface area contributed by atoms with Gasteiger partial charge in [0, 0.05) is 25.4 Å². The number of fused-ring (bicyclic) bond motifs is 1. The Hall–Kier alpha value is -1.52. The number of hydrogen-bond donors (Lipinski definition) is 0. The first kappa shape index (κ1) is 12.0. The predicted molar refractivity (Wildman–Crippen MR) is 63.4 cm³/mol. The molecular formula is C13H16O4. The summed E-state index contributed by atoms with van der Waals surface area (Å²) < 4.78 is 21.8. The third-order valence-corrected chi connectivity index (χ3v) is 2.90. The van der Waals surface area contributed by atoms with E-state index in [2.05, 4.69) is 0 Å². The van der Waals surface area contributed by atoms with E-state index in [9.17, 15) is 0 Å². The van der Waals surface area contributed by atoms with Crippen LogP contribution < -0.4 is 4.74 Å². The summed E-state index contributed by atoms with van der Waals surface area (Å²) in [6.07, 6.45) is 0. The molecule has 0 radical (unpaired) electrons. The Morgan fingerprint density at radius 2 is 1.71 bits per heavy atom. The maximum atomic E-state index is 5.76. The lowest BCUT2D eigenvalue weighted by atomic mass is 10.0. The molecule has 17 heavy (non-hydrogen) atoms. The Labute approximate surface area is 101 Å². The minimum Gasteiger partial charge on any atom is -0.492 e. The van der Waals surface area contributed by atoms with Gasteiger partial charge in [0.1, 0.15) is 5.75 Å². The predicted octanol–water partition coefficient (Wildman–Crippen LogP) is 2.40. The molecule has 4 heteroatoms. The molecule has 0 saturated heterocycles. The van der Waals surface area contributed by atoms with Crippen LogP contribution in [0, 0.1) is 0 Å². The first-order valence-corrected chi connectivity index (χ1v) is 5.32. The van der Waals surface area contributed by atoms with Gasteiger partial charge >= 0.3 is 5.97 Å². The van der Waals surface area contributed by atoms with Crippen LogP contribution in [0.1, 0.15) is 12.5 Å². The van der Waals surface area contributed by atoms with Crippen molar-refractivity contribution in [3.05, 3.63) is 35.6 Å². The van der Waals surface area contributed by atoms with E-state index in [0.717, 1.165) is 16.9 Å². The average molecular weight is 236 g/mol. The van der Waals surface area contributed by atoms with Crippen LogP contribution in [-0.4, -0.2) is 27.3 Å². The molecule has 1 aromatic carbocycles. The normalized spacial score (nSPS) is 17.4. The van der Waals surface area contributed by atoms with Crippen LogP contribution in [0.4, 0.5) is 0 Å². The Kier molecular flexibility index (Phi) is 3.09. The summed E-state index contributed by atoms with van der Waals surface area (Å²) in [7, 11) is 4.61.